The van der Waals surface area contributed by atoms with Crippen LogP contribution in [0.25, 0.3) is 0 Å². The minimum Gasteiger partial charge on any atom is -0.480 e. The van der Waals surface area contributed by atoms with Gasteiger partial charge in [0.25, 0.3) is 0 Å². The van der Waals surface area contributed by atoms with Gasteiger partial charge < -0.3 is 15.7 Å². The van der Waals surface area contributed by atoms with Crippen LogP contribution >= 0.6 is 11.8 Å². The van der Waals surface area contributed by atoms with Gasteiger partial charge in [-0.15, -0.1) is 11.8 Å². The fourth-order valence-electron chi connectivity index (χ4n) is 3.24. The van der Waals surface area contributed by atoms with Crippen LogP contribution < -0.4 is 5.73 Å². The van der Waals surface area contributed by atoms with E-state index < -0.39 is 17.4 Å². The quantitative estimate of drug-likeness (QED) is 0.825. The lowest BCUT2D eigenvalue weighted by Crippen LogP contribution is -2.54. The van der Waals surface area contributed by atoms with Gasteiger partial charge in [0.15, 0.2) is 0 Å². The average Bonchev–Trinajstić information content (AvgIpc) is 2.81. The molecule has 114 valence electrons. The Morgan fingerprint density at radius 1 is 1.35 bits per heavy atom. The molecule has 20 heavy (non-hydrogen) atoms. The molecule has 2 rings (SSSR count). The van der Waals surface area contributed by atoms with Crippen molar-refractivity contribution in [1.29, 1.82) is 0 Å². The maximum absolute atomic E-state index is 13.0. The molecule has 2 atom stereocenters. The molecule has 1 saturated heterocycles. The van der Waals surface area contributed by atoms with Crippen molar-refractivity contribution in [3.63, 3.8) is 0 Å². The van der Waals surface area contributed by atoms with Crippen molar-refractivity contribution in [2.45, 2.75) is 50.9 Å². The normalized spacial score (nSPS) is 38.0. The largest absolute Gasteiger partial charge is 0.480 e. The van der Waals surface area contributed by atoms with Crippen LogP contribution in [0, 0.1) is 11.3 Å². The molecular formula is C14H24N2O3S. The number of thioether (sulfide) groups is 1. The van der Waals surface area contributed by atoms with Crippen LogP contribution in [0.3, 0.4) is 0 Å². The fraction of sp³-hybridized carbons (Fsp3) is 0.857. The molecule has 1 saturated carbocycles. The lowest BCUT2D eigenvalue weighted by molar-refractivity contribution is -0.155. The lowest BCUT2D eigenvalue weighted by atomic mass is 9.70. The molecule has 0 aromatic carbocycles. The Kier molecular flexibility index (Phi) is 4.64. The Morgan fingerprint density at radius 2 is 1.95 bits per heavy atom. The second kappa shape index (κ2) is 5.93. The molecule has 3 N–H and O–H groups in total. The highest BCUT2D eigenvalue weighted by Crippen LogP contribution is 2.42. The monoisotopic (exact) mass is 300 g/mol. The SMILES string of the molecule is CC1CCC(CN)(C(=O)N2C(C)SCC2C(=O)O)CC1. The Morgan fingerprint density at radius 3 is 2.45 bits per heavy atom. The van der Waals surface area contributed by atoms with E-state index in [0.29, 0.717) is 18.2 Å². The third-order valence-electron chi connectivity index (χ3n) is 4.82. The summed E-state index contributed by atoms with van der Waals surface area (Å²) in [6, 6.07) is -0.703. The van der Waals surface area contributed by atoms with Crippen molar-refractivity contribution >= 4 is 23.6 Å². The summed E-state index contributed by atoms with van der Waals surface area (Å²) in [6.45, 7) is 4.42. The number of carboxylic acid groups (broad SMARTS) is 1. The number of rotatable bonds is 3. The minimum atomic E-state index is -0.911. The van der Waals surface area contributed by atoms with Gasteiger partial charge in [0.05, 0.1) is 10.8 Å². The van der Waals surface area contributed by atoms with Crippen LogP contribution in [0.5, 0.6) is 0 Å². The number of hydrogen-bond acceptors (Lipinski definition) is 4. The molecule has 2 aliphatic rings. The van der Waals surface area contributed by atoms with Crippen LogP contribution in [0.2, 0.25) is 0 Å². The smallest absolute Gasteiger partial charge is 0.327 e. The van der Waals surface area contributed by atoms with Gasteiger partial charge in [-0.1, -0.05) is 6.92 Å². The first-order valence-corrected chi connectivity index (χ1v) is 8.33. The molecule has 2 unspecified atom stereocenters. The highest BCUT2D eigenvalue weighted by molar-refractivity contribution is 8.00. The van der Waals surface area contributed by atoms with E-state index in [1.165, 1.54) is 11.8 Å². The number of nitrogens with two attached hydrogens (primary N) is 1. The average molecular weight is 300 g/mol. The molecular weight excluding hydrogens is 276 g/mol. The van der Waals surface area contributed by atoms with Crippen LogP contribution in [-0.4, -0.2) is 45.6 Å². The molecule has 1 aliphatic heterocycles. The summed E-state index contributed by atoms with van der Waals surface area (Å²) in [5.41, 5.74) is 5.38. The maximum Gasteiger partial charge on any atom is 0.327 e. The number of carboxylic acids is 1. The first kappa shape index (κ1) is 15.6. The van der Waals surface area contributed by atoms with Gasteiger partial charge in [0.2, 0.25) is 5.91 Å². The molecule has 0 aromatic rings. The van der Waals surface area contributed by atoms with Crippen LogP contribution in [0.1, 0.15) is 39.5 Å². The topological polar surface area (TPSA) is 83.6 Å². The third-order valence-corrected chi connectivity index (χ3v) is 6.04. The Bertz CT molecular complexity index is 394. The second-order valence-corrected chi connectivity index (χ2v) is 7.51. The Labute approximate surface area is 124 Å². The number of aliphatic carboxylic acids is 1. The molecule has 0 radical (unpaired) electrons. The zero-order valence-electron chi connectivity index (χ0n) is 12.2. The zero-order chi connectivity index (χ0) is 14.9. The highest BCUT2D eigenvalue weighted by Gasteiger charge is 2.48. The first-order chi connectivity index (χ1) is 9.41. The van der Waals surface area contributed by atoms with Crippen molar-refractivity contribution in [3.8, 4) is 0 Å². The van der Waals surface area contributed by atoms with E-state index in [1.807, 2.05) is 6.92 Å². The van der Waals surface area contributed by atoms with Gasteiger partial charge in [-0.2, -0.15) is 0 Å². The van der Waals surface area contributed by atoms with Gasteiger partial charge in [-0.25, -0.2) is 4.79 Å². The number of nitrogens with zero attached hydrogens (tertiary/aromatic N) is 1. The summed E-state index contributed by atoms with van der Waals surface area (Å²) in [5.74, 6) is 0.144. The summed E-state index contributed by atoms with van der Waals surface area (Å²) in [4.78, 5) is 25.9. The van der Waals surface area contributed by atoms with Gasteiger partial charge >= 0.3 is 5.97 Å². The molecule has 6 heteroatoms. The number of amides is 1. The van der Waals surface area contributed by atoms with Crippen molar-refractivity contribution < 1.29 is 14.7 Å². The van der Waals surface area contributed by atoms with Crippen LogP contribution in [-0.2, 0) is 9.59 Å². The predicted molar refractivity (Wildman–Crippen MR) is 79.3 cm³/mol. The lowest BCUT2D eigenvalue weighted by Gasteiger charge is -2.41. The number of carbonyl (C=O) groups is 2. The van der Waals surface area contributed by atoms with E-state index in [9.17, 15) is 14.7 Å². The van der Waals surface area contributed by atoms with Gasteiger partial charge in [-0.3, -0.25) is 4.79 Å². The molecule has 1 heterocycles. The first-order valence-electron chi connectivity index (χ1n) is 7.28. The molecule has 0 spiro atoms. The third kappa shape index (κ3) is 2.68. The summed E-state index contributed by atoms with van der Waals surface area (Å²) in [7, 11) is 0. The molecule has 1 amide bonds. The van der Waals surface area contributed by atoms with Crippen molar-refractivity contribution in [2.24, 2.45) is 17.1 Å². The molecule has 5 nitrogen and oxygen atoms in total. The fourth-order valence-corrected chi connectivity index (χ4v) is 4.40. The van der Waals surface area contributed by atoms with Crippen LogP contribution in [0.4, 0.5) is 0 Å². The van der Waals surface area contributed by atoms with Gasteiger partial charge in [0, 0.05) is 12.3 Å². The summed E-state index contributed by atoms with van der Waals surface area (Å²) in [5, 5.41) is 9.23. The molecule has 0 bridgehead atoms. The van der Waals surface area contributed by atoms with E-state index >= 15 is 0 Å². The summed E-state index contributed by atoms with van der Waals surface area (Å²) >= 11 is 1.53. The van der Waals surface area contributed by atoms with Crippen molar-refractivity contribution in [1.82, 2.24) is 4.90 Å². The highest BCUT2D eigenvalue weighted by atomic mass is 32.2. The Hall–Kier alpha value is -0.750. The van der Waals surface area contributed by atoms with Crippen molar-refractivity contribution in [2.75, 3.05) is 12.3 Å². The molecule has 0 aromatic heterocycles. The van der Waals surface area contributed by atoms with Gasteiger partial charge in [-0.05, 0) is 38.5 Å². The summed E-state index contributed by atoms with van der Waals surface area (Å²) < 4.78 is 0. The van der Waals surface area contributed by atoms with Crippen molar-refractivity contribution in [3.05, 3.63) is 0 Å². The predicted octanol–water partition coefficient (Wildman–Crippen LogP) is 1.52. The molecule has 1 aliphatic carbocycles. The number of hydrogen-bond donors (Lipinski definition) is 2. The van der Waals surface area contributed by atoms with E-state index in [4.69, 9.17) is 5.73 Å². The Balaban J connectivity index is 2.21. The number of carbonyl (C=O) groups excluding carboxylic acids is 1. The van der Waals surface area contributed by atoms with E-state index in [0.717, 1.165) is 25.7 Å². The zero-order valence-corrected chi connectivity index (χ0v) is 13.0. The standard InChI is InChI=1S/C14H24N2O3S/c1-9-3-5-14(8-15,6-4-9)13(19)16-10(2)20-7-11(16)12(17)18/h9-11H,3-8,15H2,1-2H3,(H,17,18). The maximum atomic E-state index is 13.0. The molecule has 2 fully saturated rings. The second-order valence-electron chi connectivity index (χ2n) is 6.17. The summed E-state index contributed by atoms with van der Waals surface area (Å²) in [6.07, 6.45) is 3.56. The van der Waals surface area contributed by atoms with E-state index in [2.05, 4.69) is 6.92 Å². The van der Waals surface area contributed by atoms with E-state index in [1.54, 1.807) is 4.90 Å². The van der Waals surface area contributed by atoms with Crippen LogP contribution in [0.15, 0.2) is 0 Å². The van der Waals surface area contributed by atoms with Gasteiger partial charge in [0.1, 0.15) is 6.04 Å². The minimum absolute atomic E-state index is 0.0446. The van der Waals surface area contributed by atoms with E-state index in [-0.39, 0.29) is 11.3 Å².